The van der Waals surface area contributed by atoms with E-state index in [4.69, 9.17) is 9.73 Å². The summed E-state index contributed by atoms with van der Waals surface area (Å²) < 4.78 is 7.29. The molecule has 3 rings (SSSR count). The first kappa shape index (κ1) is 25.5. The van der Waals surface area contributed by atoms with Gasteiger partial charge < -0.3 is 15.4 Å². The zero-order valence-corrected chi connectivity index (χ0v) is 21.2. The number of ether oxygens (including phenoxy) is 1. The van der Waals surface area contributed by atoms with Crippen molar-refractivity contribution in [1.29, 1.82) is 0 Å². The van der Waals surface area contributed by atoms with Crippen molar-refractivity contribution >= 4 is 29.9 Å². The Morgan fingerprint density at radius 2 is 2.03 bits per heavy atom. The number of aliphatic imine (C=N–C) groups is 1. The SMILES string of the molecule is CCNC(=NCc1ccnc(-n2cccn2)c1)NCC(CC(C)C)N1CCOCC1.I. The highest BCUT2D eigenvalue weighted by molar-refractivity contribution is 14.0. The molecule has 172 valence electrons. The Hall–Kier alpha value is -1.72. The fourth-order valence-corrected chi connectivity index (χ4v) is 3.66. The minimum Gasteiger partial charge on any atom is -0.379 e. The first-order chi connectivity index (χ1) is 14.7. The standard InChI is InChI=1S/C22H35N7O.HI/c1-4-23-22(26-17-20(14-18(2)3)28-10-12-30-13-11-28)25-16-19-6-8-24-21(15-19)29-9-5-7-27-29;/h5-9,15,18,20H,4,10-14,16-17H2,1-3H3,(H2,23,25,26);1H. The van der Waals surface area contributed by atoms with Crippen LogP contribution in [0.4, 0.5) is 0 Å². The van der Waals surface area contributed by atoms with Crippen molar-refractivity contribution in [2.75, 3.05) is 39.4 Å². The zero-order valence-electron chi connectivity index (χ0n) is 18.8. The van der Waals surface area contributed by atoms with E-state index in [1.54, 1.807) is 17.1 Å². The van der Waals surface area contributed by atoms with Crippen LogP contribution in [-0.4, -0.2) is 71.1 Å². The third kappa shape index (κ3) is 8.38. The van der Waals surface area contributed by atoms with E-state index < -0.39 is 0 Å². The molecule has 9 heteroatoms. The van der Waals surface area contributed by atoms with Crippen molar-refractivity contribution in [2.45, 2.75) is 39.8 Å². The van der Waals surface area contributed by atoms with Crippen LogP contribution in [-0.2, 0) is 11.3 Å². The van der Waals surface area contributed by atoms with Crippen molar-refractivity contribution in [2.24, 2.45) is 10.9 Å². The Morgan fingerprint density at radius 3 is 2.71 bits per heavy atom. The molecule has 2 aromatic heterocycles. The van der Waals surface area contributed by atoms with E-state index in [-0.39, 0.29) is 24.0 Å². The Balaban J connectivity index is 0.00000341. The van der Waals surface area contributed by atoms with Crippen LogP contribution in [0.1, 0.15) is 32.8 Å². The lowest BCUT2D eigenvalue weighted by Crippen LogP contribution is -2.51. The maximum atomic E-state index is 5.53. The van der Waals surface area contributed by atoms with Gasteiger partial charge in [0.25, 0.3) is 0 Å². The molecule has 1 atom stereocenters. The van der Waals surface area contributed by atoms with Gasteiger partial charge in [-0.1, -0.05) is 13.8 Å². The number of hydrogen-bond donors (Lipinski definition) is 2. The number of nitrogens with one attached hydrogen (secondary N) is 2. The third-order valence-corrected chi connectivity index (χ3v) is 5.12. The molecule has 2 aromatic rings. The molecule has 0 bridgehead atoms. The van der Waals surface area contributed by atoms with E-state index >= 15 is 0 Å². The average molecular weight is 541 g/mol. The van der Waals surface area contributed by atoms with Crippen molar-refractivity contribution in [3.8, 4) is 5.82 Å². The number of rotatable bonds is 9. The van der Waals surface area contributed by atoms with E-state index in [0.717, 1.165) is 63.2 Å². The molecule has 1 aliphatic heterocycles. The molecule has 0 aromatic carbocycles. The van der Waals surface area contributed by atoms with E-state index in [0.29, 0.717) is 18.5 Å². The second-order valence-corrected chi connectivity index (χ2v) is 7.98. The first-order valence-corrected chi connectivity index (χ1v) is 10.9. The quantitative estimate of drug-likeness (QED) is 0.289. The van der Waals surface area contributed by atoms with Gasteiger partial charge in [-0.3, -0.25) is 4.90 Å². The van der Waals surface area contributed by atoms with Crippen LogP contribution in [0.3, 0.4) is 0 Å². The van der Waals surface area contributed by atoms with Gasteiger partial charge in [-0.15, -0.1) is 24.0 Å². The van der Waals surface area contributed by atoms with Gasteiger partial charge >= 0.3 is 0 Å². The van der Waals surface area contributed by atoms with E-state index in [1.165, 1.54) is 0 Å². The van der Waals surface area contributed by atoms with E-state index in [1.807, 2.05) is 24.4 Å². The van der Waals surface area contributed by atoms with Crippen LogP contribution in [0.2, 0.25) is 0 Å². The third-order valence-electron chi connectivity index (χ3n) is 5.12. The van der Waals surface area contributed by atoms with Gasteiger partial charge in [-0.25, -0.2) is 14.7 Å². The van der Waals surface area contributed by atoms with Crippen LogP contribution in [0.15, 0.2) is 41.8 Å². The summed E-state index contributed by atoms with van der Waals surface area (Å²) in [6.07, 6.45) is 6.60. The van der Waals surface area contributed by atoms with E-state index in [2.05, 4.69) is 46.4 Å². The van der Waals surface area contributed by atoms with Crippen molar-refractivity contribution in [3.05, 3.63) is 42.4 Å². The molecule has 8 nitrogen and oxygen atoms in total. The molecular formula is C22H36IN7O. The van der Waals surface area contributed by atoms with Gasteiger partial charge in [0.1, 0.15) is 0 Å². The number of nitrogens with zero attached hydrogens (tertiary/aromatic N) is 5. The predicted octanol–water partition coefficient (Wildman–Crippen LogP) is 2.69. The van der Waals surface area contributed by atoms with Gasteiger partial charge in [-0.2, -0.15) is 5.10 Å². The molecule has 3 heterocycles. The number of morpholine rings is 1. The topological polar surface area (TPSA) is 79.6 Å². The van der Waals surface area contributed by atoms with Crippen LogP contribution in [0, 0.1) is 5.92 Å². The van der Waals surface area contributed by atoms with Crippen LogP contribution in [0.25, 0.3) is 5.82 Å². The van der Waals surface area contributed by atoms with Crippen molar-refractivity contribution in [1.82, 2.24) is 30.3 Å². The first-order valence-electron chi connectivity index (χ1n) is 10.9. The van der Waals surface area contributed by atoms with Crippen LogP contribution < -0.4 is 10.6 Å². The van der Waals surface area contributed by atoms with Crippen molar-refractivity contribution in [3.63, 3.8) is 0 Å². The number of pyridine rings is 1. The second kappa shape index (κ2) is 13.6. The molecule has 1 unspecified atom stereocenters. The highest BCUT2D eigenvalue weighted by Crippen LogP contribution is 2.13. The van der Waals surface area contributed by atoms with E-state index in [9.17, 15) is 0 Å². The molecule has 2 N–H and O–H groups in total. The Kier molecular flexibility index (Phi) is 11.2. The van der Waals surface area contributed by atoms with Gasteiger partial charge in [0.15, 0.2) is 11.8 Å². The fourth-order valence-electron chi connectivity index (χ4n) is 3.66. The highest BCUT2D eigenvalue weighted by Gasteiger charge is 2.22. The lowest BCUT2D eigenvalue weighted by Gasteiger charge is -2.35. The second-order valence-electron chi connectivity index (χ2n) is 7.98. The minimum atomic E-state index is 0. The van der Waals surface area contributed by atoms with Gasteiger partial charge in [0.2, 0.25) is 0 Å². The summed E-state index contributed by atoms with van der Waals surface area (Å²) in [5, 5.41) is 11.2. The monoisotopic (exact) mass is 541 g/mol. The maximum absolute atomic E-state index is 5.53. The fraction of sp³-hybridized carbons (Fsp3) is 0.591. The lowest BCUT2D eigenvalue weighted by molar-refractivity contribution is 0.0132. The maximum Gasteiger partial charge on any atom is 0.191 e. The molecule has 1 aliphatic rings. The molecular weight excluding hydrogens is 505 g/mol. The summed E-state index contributed by atoms with van der Waals surface area (Å²) in [4.78, 5) is 11.7. The largest absolute Gasteiger partial charge is 0.379 e. The summed E-state index contributed by atoms with van der Waals surface area (Å²) in [6, 6.07) is 6.39. The lowest BCUT2D eigenvalue weighted by atomic mass is 10.0. The summed E-state index contributed by atoms with van der Waals surface area (Å²) >= 11 is 0. The normalized spacial score (nSPS) is 16.1. The molecule has 0 saturated carbocycles. The minimum absolute atomic E-state index is 0. The zero-order chi connectivity index (χ0) is 21.2. The molecule has 1 fully saturated rings. The Bertz CT molecular complexity index is 776. The molecule has 0 spiro atoms. The number of guanidine groups is 1. The number of aromatic nitrogens is 3. The van der Waals surface area contributed by atoms with Gasteiger partial charge in [0.05, 0.1) is 19.8 Å². The Morgan fingerprint density at radius 1 is 1.23 bits per heavy atom. The molecule has 0 amide bonds. The predicted molar refractivity (Wildman–Crippen MR) is 135 cm³/mol. The van der Waals surface area contributed by atoms with Crippen LogP contribution in [0.5, 0.6) is 0 Å². The summed E-state index contributed by atoms with van der Waals surface area (Å²) in [5.41, 5.74) is 1.10. The molecule has 0 aliphatic carbocycles. The van der Waals surface area contributed by atoms with Gasteiger partial charge in [0, 0.05) is 50.8 Å². The average Bonchev–Trinajstić information content (AvgIpc) is 3.30. The molecule has 31 heavy (non-hydrogen) atoms. The van der Waals surface area contributed by atoms with Crippen molar-refractivity contribution < 1.29 is 4.74 Å². The van der Waals surface area contributed by atoms with Gasteiger partial charge in [-0.05, 0) is 43.0 Å². The number of hydrogen-bond acceptors (Lipinski definition) is 5. The Labute approximate surface area is 202 Å². The summed E-state index contributed by atoms with van der Waals surface area (Å²) in [7, 11) is 0. The summed E-state index contributed by atoms with van der Waals surface area (Å²) in [5.74, 6) is 2.30. The number of halogens is 1. The smallest absolute Gasteiger partial charge is 0.191 e. The molecule has 1 saturated heterocycles. The molecule has 0 radical (unpaired) electrons. The summed E-state index contributed by atoms with van der Waals surface area (Å²) in [6.45, 7) is 12.6. The van der Waals surface area contributed by atoms with Crippen LogP contribution >= 0.6 is 24.0 Å². The highest BCUT2D eigenvalue weighted by atomic mass is 127.